The van der Waals surface area contributed by atoms with Crippen LogP contribution in [-0.4, -0.2) is 28.4 Å². The van der Waals surface area contributed by atoms with Crippen molar-refractivity contribution in [2.24, 2.45) is 0 Å². The van der Waals surface area contributed by atoms with Crippen molar-refractivity contribution >= 4 is 30.3 Å². The molecule has 0 aromatic heterocycles. The van der Waals surface area contributed by atoms with Gasteiger partial charge in [0, 0.05) is 12.1 Å². The van der Waals surface area contributed by atoms with Crippen molar-refractivity contribution in [1.82, 2.24) is 4.72 Å². The van der Waals surface area contributed by atoms with Crippen molar-refractivity contribution in [3.63, 3.8) is 0 Å². The standard InChI is InChI=1S/C21H32BNO3S/c1-20(2,3)26-19(24)11-9-7-8-10-18(23-27(25)21(4,5)6)16-12-14-17(22)15-13-16/h9,11-15,18,23H,7-8,10H2,1-6H3/b11-9+/t18-,27?/m0/s1. The third-order valence-electron chi connectivity index (χ3n) is 3.67. The van der Waals surface area contributed by atoms with Gasteiger partial charge < -0.3 is 4.74 Å². The molecule has 0 fully saturated rings. The second kappa shape index (κ2) is 10.2. The highest BCUT2D eigenvalue weighted by Gasteiger charge is 2.23. The first-order chi connectivity index (χ1) is 12.4. The van der Waals surface area contributed by atoms with Gasteiger partial charge >= 0.3 is 5.97 Å². The van der Waals surface area contributed by atoms with Gasteiger partial charge in [0.1, 0.15) is 13.4 Å². The van der Waals surface area contributed by atoms with Gasteiger partial charge in [0.15, 0.2) is 0 Å². The lowest BCUT2D eigenvalue weighted by Gasteiger charge is -2.24. The number of ether oxygens (including phenoxy) is 1. The maximum absolute atomic E-state index is 12.5. The summed E-state index contributed by atoms with van der Waals surface area (Å²) in [6, 6.07) is 7.59. The maximum atomic E-state index is 12.5. The number of carbonyl (C=O) groups excluding carboxylic acids is 1. The Morgan fingerprint density at radius 1 is 1.19 bits per heavy atom. The fourth-order valence-electron chi connectivity index (χ4n) is 2.28. The van der Waals surface area contributed by atoms with Crippen LogP contribution in [0, 0.1) is 0 Å². The summed E-state index contributed by atoms with van der Waals surface area (Å²) in [7, 11) is 4.60. The van der Waals surface area contributed by atoms with Crippen LogP contribution in [0.3, 0.4) is 0 Å². The quantitative estimate of drug-likeness (QED) is 0.320. The van der Waals surface area contributed by atoms with E-state index in [1.807, 2.05) is 71.9 Å². The van der Waals surface area contributed by atoms with E-state index in [4.69, 9.17) is 12.6 Å². The summed E-state index contributed by atoms with van der Waals surface area (Å²) in [5.41, 5.74) is 1.27. The molecule has 0 spiro atoms. The van der Waals surface area contributed by atoms with Gasteiger partial charge in [-0.1, -0.05) is 35.8 Å². The number of carbonyl (C=O) groups is 1. The molecule has 148 valence electrons. The lowest BCUT2D eigenvalue weighted by atomic mass is 9.93. The Labute approximate surface area is 168 Å². The number of esters is 1. The van der Waals surface area contributed by atoms with Gasteiger partial charge in [-0.25, -0.2) is 13.7 Å². The minimum absolute atomic E-state index is 0.0411. The Bertz CT molecular complexity index is 657. The molecule has 27 heavy (non-hydrogen) atoms. The first-order valence-corrected chi connectivity index (χ1v) is 10.5. The number of hydrogen-bond acceptors (Lipinski definition) is 3. The second-order valence-corrected chi connectivity index (χ2v) is 10.6. The van der Waals surface area contributed by atoms with Gasteiger partial charge in [0.25, 0.3) is 0 Å². The van der Waals surface area contributed by atoms with Crippen molar-refractivity contribution in [3.8, 4) is 0 Å². The average molecular weight is 389 g/mol. The van der Waals surface area contributed by atoms with Crippen LogP contribution in [0.5, 0.6) is 0 Å². The van der Waals surface area contributed by atoms with E-state index in [1.165, 1.54) is 6.08 Å². The lowest BCUT2D eigenvalue weighted by molar-refractivity contribution is -0.148. The molecule has 2 atom stereocenters. The fraction of sp³-hybridized carbons (Fsp3) is 0.571. The molecule has 1 aromatic rings. The predicted molar refractivity (Wildman–Crippen MR) is 114 cm³/mol. The summed E-state index contributed by atoms with van der Waals surface area (Å²) in [6.45, 7) is 11.4. The highest BCUT2D eigenvalue weighted by Crippen LogP contribution is 2.22. The van der Waals surface area contributed by atoms with E-state index in [9.17, 15) is 9.00 Å². The Hall–Kier alpha value is -1.40. The van der Waals surface area contributed by atoms with Gasteiger partial charge in [0.2, 0.25) is 0 Å². The number of unbranched alkanes of at least 4 members (excludes halogenated alkanes) is 1. The van der Waals surface area contributed by atoms with E-state index in [0.29, 0.717) is 5.46 Å². The van der Waals surface area contributed by atoms with Crippen molar-refractivity contribution in [2.45, 2.75) is 77.2 Å². The van der Waals surface area contributed by atoms with Crippen LogP contribution in [0.25, 0.3) is 0 Å². The van der Waals surface area contributed by atoms with Crippen LogP contribution in [0.4, 0.5) is 0 Å². The van der Waals surface area contributed by atoms with Crippen LogP contribution in [0.1, 0.15) is 72.4 Å². The number of benzene rings is 1. The first kappa shape index (κ1) is 23.6. The van der Waals surface area contributed by atoms with Crippen molar-refractivity contribution in [3.05, 3.63) is 42.0 Å². The van der Waals surface area contributed by atoms with E-state index in [1.54, 1.807) is 0 Å². The van der Waals surface area contributed by atoms with Crippen LogP contribution >= 0.6 is 0 Å². The fourth-order valence-corrected chi connectivity index (χ4v) is 3.15. The molecule has 0 saturated heterocycles. The monoisotopic (exact) mass is 389 g/mol. The van der Waals surface area contributed by atoms with Crippen LogP contribution in [0.2, 0.25) is 0 Å². The highest BCUT2D eigenvalue weighted by atomic mass is 32.2. The van der Waals surface area contributed by atoms with E-state index in [0.717, 1.165) is 24.8 Å². The maximum Gasteiger partial charge on any atom is 0.330 e. The molecule has 0 aliphatic heterocycles. The summed E-state index contributed by atoms with van der Waals surface area (Å²) in [4.78, 5) is 11.7. The molecule has 0 saturated carbocycles. The number of rotatable bonds is 8. The molecule has 0 amide bonds. The molecular formula is C21H32BNO3S. The summed E-state index contributed by atoms with van der Waals surface area (Å²) in [5.74, 6) is -0.329. The van der Waals surface area contributed by atoms with Gasteiger partial charge in [-0.3, -0.25) is 0 Å². The predicted octanol–water partition coefficient (Wildman–Crippen LogP) is 3.64. The third kappa shape index (κ3) is 9.92. The molecule has 4 nitrogen and oxygen atoms in total. The third-order valence-corrected chi connectivity index (χ3v) is 5.28. The molecule has 6 heteroatoms. The van der Waals surface area contributed by atoms with Crippen LogP contribution in [-0.2, 0) is 20.5 Å². The van der Waals surface area contributed by atoms with Crippen LogP contribution < -0.4 is 10.2 Å². The minimum atomic E-state index is -1.17. The zero-order valence-corrected chi connectivity index (χ0v) is 18.2. The summed E-state index contributed by atoms with van der Waals surface area (Å²) in [6.07, 6.45) is 5.70. The highest BCUT2D eigenvalue weighted by molar-refractivity contribution is 7.84. The molecule has 0 aliphatic carbocycles. The molecule has 1 rings (SSSR count). The minimum Gasteiger partial charge on any atom is -0.457 e. The zero-order valence-electron chi connectivity index (χ0n) is 17.4. The largest absolute Gasteiger partial charge is 0.457 e. The SMILES string of the molecule is [B]c1ccc([C@H](CCC/C=C/C(=O)OC(C)(C)C)NS(=O)C(C)(C)C)cc1. The molecule has 0 bridgehead atoms. The molecule has 0 heterocycles. The van der Waals surface area contributed by atoms with Crippen molar-refractivity contribution < 1.29 is 13.7 Å². The molecular weight excluding hydrogens is 357 g/mol. The smallest absolute Gasteiger partial charge is 0.330 e. The summed E-state index contributed by atoms with van der Waals surface area (Å²) >= 11 is 0. The molecule has 1 N–H and O–H groups in total. The van der Waals surface area contributed by atoms with Crippen molar-refractivity contribution in [2.75, 3.05) is 0 Å². The van der Waals surface area contributed by atoms with Gasteiger partial charge in [0.05, 0.1) is 15.7 Å². The lowest BCUT2D eigenvalue weighted by Crippen LogP contribution is -2.35. The Kier molecular flexibility index (Phi) is 8.96. The van der Waals surface area contributed by atoms with Gasteiger partial charge in [-0.15, -0.1) is 0 Å². The summed E-state index contributed by atoms with van der Waals surface area (Å²) in [5, 5.41) is 0. The van der Waals surface area contributed by atoms with E-state index >= 15 is 0 Å². The zero-order chi connectivity index (χ0) is 20.7. The van der Waals surface area contributed by atoms with Gasteiger partial charge in [-0.05, 0) is 66.4 Å². The van der Waals surface area contributed by atoms with Crippen molar-refractivity contribution in [1.29, 1.82) is 0 Å². The Morgan fingerprint density at radius 2 is 1.78 bits per heavy atom. The Balaban J connectivity index is 2.65. The number of allylic oxidation sites excluding steroid dienone is 1. The number of hydrogen-bond donors (Lipinski definition) is 1. The topological polar surface area (TPSA) is 55.4 Å². The molecule has 2 radical (unpaired) electrons. The Morgan fingerprint density at radius 3 is 2.30 bits per heavy atom. The second-order valence-electron chi connectivity index (χ2n) is 8.58. The normalized spacial score (nSPS) is 14.9. The van der Waals surface area contributed by atoms with E-state index < -0.39 is 16.6 Å². The first-order valence-electron chi connectivity index (χ1n) is 9.31. The average Bonchev–Trinajstić information content (AvgIpc) is 2.51. The van der Waals surface area contributed by atoms with Crippen LogP contribution in [0.15, 0.2) is 36.4 Å². The molecule has 0 aliphatic rings. The van der Waals surface area contributed by atoms with E-state index in [-0.39, 0.29) is 16.8 Å². The van der Waals surface area contributed by atoms with Gasteiger partial charge in [-0.2, -0.15) is 0 Å². The molecule has 1 aromatic carbocycles. The van der Waals surface area contributed by atoms with E-state index in [2.05, 4.69) is 4.72 Å². The summed E-state index contributed by atoms with van der Waals surface area (Å²) < 4.78 is 20.7. The molecule has 1 unspecified atom stereocenters. The number of nitrogens with one attached hydrogen (secondary N) is 1.